The van der Waals surface area contributed by atoms with Gasteiger partial charge in [0.25, 0.3) is 5.56 Å². The van der Waals surface area contributed by atoms with Gasteiger partial charge >= 0.3 is 0 Å². The van der Waals surface area contributed by atoms with Crippen LogP contribution in [-0.4, -0.2) is 4.98 Å². The normalized spacial score (nSPS) is 16.4. The number of H-pyrrole nitrogens is 1. The number of para-hydroxylation sites is 1. The summed E-state index contributed by atoms with van der Waals surface area (Å²) in [6, 6.07) is 18.8. The van der Waals surface area contributed by atoms with E-state index in [2.05, 4.69) is 11.1 Å². The van der Waals surface area contributed by atoms with E-state index in [9.17, 15) is 10.1 Å². The van der Waals surface area contributed by atoms with Crippen LogP contribution < -0.4 is 16.0 Å². The molecule has 0 amide bonds. The van der Waals surface area contributed by atoms with Gasteiger partial charge in [0, 0.05) is 5.39 Å². The summed E-state index contributed by atoms with van der Waals surface area (Å²) in [5, 5.41) is 10.3. The number of pyridine rings is 1. The Morgan fingerprint density at radius 1 is 1.08 bits per heavy atom. The lowest BCUT2D eigenvalue weighted by Gasteiger charge is -2.26. The minimum atomic E-state index is -0.548. The molecule has 3 N–H and O–H groups in total. The van der Waals surface area contributed by atoms with Gasteiger partial charge in [-0.25, -0.2) is 0 Å². The van der Waals surface area contributed by atoms with Crippen LogP contribution in [0.15, 0.2) is 70.8 Å². The van der Waals surface area contributed by atoms with Crippen molar-refractivity contribution in [2.45, 2.75) is 5.92 Å². The smallest absolute Gasteiger partial charge is 0.256 e. The second-order valence-corrected chi connectivity index (χ2v) is 5.58. The first kappa shape index (κ1) is 14.1. The summed E-state index contributed by atoms with van der Waals surface area (Å²) in [5.74, 6) is -0.0948. The Labute approximate surface area is 137 Å². The molecule has 3 aromatic rings. The highest BCUT2D eigenvalue weighted by Gasteiger charge is 2.34. The van der Waals surface area contributed by atoms with E-state index in [1.807, 2.05) is 48.5 Å². The number of aromatic amines is 1. The number of nitrogens with one attached hydrogen (secondary N) is 1. The molecule has 2 aromatic carbocycles. The van der Waals surface area contributed by atoms with Crippen LogP contribution in [0.5, 0.6) is 5.75 Å². The summed E-state index contributed by atoms with van der Waals surface area (Å²) in [5.41, 5.74) is 7.86. The van der Waals surface area contributed by atoms with Gasteiger partial charge in [-0.2, -0.15) is 5.26 Å². The molecule has 1 atom stereocenters. The highest BCUT2D eigenvalue weighted by atomic mass is 16.5. The average molecular weight is 315 g/mol. The number of ether oxygens (including phenoxy) is 1. The fraction of sp³-hybridized carbons (Fsp3) is 0.0526. The van der Waals surface area contributed by atoms with E-state index in [1.54, 1.807) is 6.07 Å². The number of nitrogens with zero attached hydrogens (tertiary/aromatic N) is 1. The number of allylic oxidation sites excluding steroid dienone is 1. The molecule has 1 aliphatic heterocycles. The quantitative estimate of drug-likeness (QED) is 0.722. The van der Waals surface area contributed by atoms with Crippen molar-refractivity contribution in [3.05, 3.63) is 87.5 Å². The number of rotatable bonds is 1. The molecular weight excluding hydrogens is 302 g/mol. The second-order valence-electron chi connectivity index (χ2n) is 5.58. The summed E-state index contributed by atoms with van der Waals surface area (Å²) in [7, 11) is 0. The third-order valence-corrected chi connectivity index (χ3v) is 4.22. The summed E-state index contributed by atoms with van der Waals surface area (Å²) in [6.07, 6.45) is 0. The molecule has 0 unspecified atom stereocenters. The molecule has 24 heavy (non-hydrogen) atoms. The molecular formula is C19H13N3O2. The molecule has 0 fully saturated rings. The monoisotopic (exact) mass is 315 g/mol. The third-order valence-electron chi connectivity index (χ3n) is 4.22. The summed E-state index contributed by atoms with van der Waals surface area (Å²) in [4.78, 5) is 15.6. The van der Waals surface area contributed by atoms with E-state index in [0.29, 0.717) is 16.8 Å². The summed E-state index contributed by atoms with van der Waals surface area (Å²) in [6.45, 7) is 0. The number of nitriles is 1. The molecule has 0 saturated carbocycles. The number of fused-ring (bicyclic) bond motifs is 3. The van der Waals surface area contributed by atoms with Crippen molar-refractivity contribution >= 4 is 10.9 Å². The number of aromatic nitrogens is 1. The molecule has 0 saturated heterocycles. The van der Waals surface area contributed by atoms with E-state index in [-0.39, 0.29) is 17.0 Å². The number of nitrogens with two attached hydrogens (primary N) is 1. The Morgan fingerprint density at radius 3 is 2.54 bits per heavy atom. The van der Waals surface area contributed by atoms with Gasteiger partial charge in [-0.15, -0.1) is 0 Å². The van der Waals surface area contributed by atoms with Crippen LogP contribution in [0, 0.1) is 11.3 Å². The van der Waals surface area contributed by atoms with Crippen molar-refractivity contribution in [3.8, 4) is 11.8 Å². The maximum Gasteiger partial charge on any atom is 0.256 e. The van der Waals surface area contributed by atoms with Gasteiger partial charge in [-0.3, -0.25) is 4.79 Å². The van der Waals surface area contributed by atoms with E-state index in [0.717, 1.165) is 10.9 Å². The zero-order valence-electron chi connectivity index (χ0n) is 12.6. The summed E-state index contributed by atoms with van der Waals surface area (Å²) < 4.78 is 5.70. The van der Waals surface area contributed by atoms with Crippen molar-refractivity contribution in [2.75, 3.05) is 0 Å². The molecule has 0 radical (unpaired) electrons. The molecule has 0 aliphatic carbocycles. The largest absolute Gasteiger partial charge is 0.439 e. The van der Waals surface area contributed by atoms with Crippen molar-refractivity contribution in [2.24, 2.45) is 5.73 Å². The predicted molar refractivity (Wildman–Crippen MR) is 90.3 cm³/mol. The first-order valence-electron chi connectivity index (χ1n) is 7.48. The molecule has 2 heterocycles. The van der Waals surface area contributed by atoms with Gasteiger partial charge in [0.05, 0.1) is 17.0 Å². The first-order chi connectivity index (χ1) is 11.7. The standard InChI is InChI=1S/C19H13N3O2/c20-10-13-15(11-6-2-1-3-7-11)16-17(24-18(13)21)12-8-4-5-9-14(12)22-19(16)23/h1-9,15H,21H2,(H,22,23)/t15-/m1/s1. The van der Waals surface area contributed by atoms with Crippen molar-refractivity contribution in [1.82, 2.24) is 4.98 Å². The number of hydrogen-bond acceptors (Lipinski definition) is 4. The highest BCUT2D eigenvalue weighted by Crippen LogP contribution is 2.42. The van der Waals surface area contributed by atoms with Gasteiger partial charge in [-0.1, -0.05) is 42.5 Å². The molecule has 0 bridgehead atoms. The molecule has 1 aliphatic rings. The van der Waals surface area contributed by atoms with E-state index < -0.39 is 5.92 Å². The Morgan fingerprint density at radius 2 is 1.79 bits per heavy atom. The average Bonchev–Trinajstić information content (AvgIpc) is 2.61. The van der Waals surface area contributed by atoms with E-state index >= 15 is 0 Å². The third kappa shape index (κ3) is 1.97. The minimum Gasteiger partial charge on any atom is -0.439 e. The van der Waals surface area contributed by atoms with Crippen molar-refractivity contribution < 1.29 is 4.74 Å². The highest BCUT2D eigenvalue weighted by molar-refractivity contribution is 5.87. The van der Waals surface area contributed by atoms with Crippen molar-refractivity contribution in [3.63, 3.8) is 0 Å². The maximum atomic E-state index is 12.7. The topological polar surface area (TPSA) is 91.9 Å². The Kier molecular flexibility index (Phi) is 3.10. The number of benzene rings is 2. The van der Waals surface area contributed by atoms with Gasteiger partial charge in [0.1, 0.15) is 17.4 Å². The van der Waals surface area contributed by atoms with Crippen LogP contribution in [0.2, 0.25) is 0 Å². The Balaban J connectivity index is 2.10. The van der Waals surface area contributed by atoms with Crippen LogP contribution in [0.25, 0.3) is 10.9 Å². The fourth-order valence-corrected chi connectivity index (χ4v) is 3.15. The lowest BCUT2D eigenvalue weighted by Crippen LogP contribution is -2.27. The molecule has 5 nitrogen and oxygen atoms in total. The van der Waals surface area contributed by atoms with Crippen LogP contribution in [0.4, 0.5) is 0 Å². The Hall–Kier alpha value is -3.52. The molecule has 1 aromatic heterocycles. The second kappa shape index (κ2) is 5.28. The van der Waals surface area contributed by atoms with Crippen LogP contribution >= 0.6 is 0 Å². The SMILES string of the molecule is N#CC1=C(N)Oc2c(c(=O)[nH]c3ccccc23)[C@@H]1c1ccccc1. The molecule has 5 heteroatoms. The fourth-order valence-electron chi connectivity index (χ4n) is 3.15. The zero-order valence-corrected chi connectivity index (χ0v) is 12.6. The molecule has 4 rings (SSSR count). The van der Waals surface area contributed by atoms with Crippen LogP contribution in [0.3, 0.4) is 0 Å². The van der Waals surface area contributed by atoms with Gasteiger partial charge in [0.2, 0.25) is 5.88 Å². The van der Waals surface area contributed by atoms with Crippen LogP contribution in [-0.2, 0) is 0 Å². The van der Waals surface area contributed by atoms with Crippen molar-refractivity contribution in [1.29, 1.82) is 5.26 Å². The predicted octanol–water partition coefficient (Wildman–Crippen LogP) is 2.75. The van der Waals surface area contributed by atoms with Gasteiger partial charge in [0.15, 0.2) is 0 Å². The van der Waals surface area contributed by atoms with E-state index in [1.165, 1.54) is 0 Å². The lowest BCUT2D eigenvalue weighted by molar-refractivity contribution is 0.397. The molecule has 0 spiro atoms. The van der Waals surface area contributed by atoms with Gasteiger partial charge in [-0.05, 0) is 17.7 Å². The maximum absolute atomic E-state index is 12.7. The van der Waals surface area contributed by atoms with Crippen LogP contribution in [0.1, 0.15) is 17.0 Å². The minimum absolute atomic E-state index is 0.0367. The molecule has 116 valence electrons. The Bertz CT molecular complexity index is 1080. The van der Waals surface area contributed by atoms with E-state index in [4.69, 9.17) is 10.5 Å². The summed E-state index contributed by atoms with van der Waals surface area (Å²) >= 11 is 0. The zero-order chi connectivity index (χ0) is 16.7. The lowest BCUT2D eigenvalue weighted by atomic mass is 9.83. The number of hydrogen-bond donors (Lipinski definition) is 2. The first-order valence-corrected chi connectivity index (χ1v) is 7.48. The van der Waals surface area contributed by atoms with Gasteiger partial charge < -0.3 is 15.5 Å².